The van der Waals surface area contributed by atoms with E-state index in [1.54, 1.807) is 62.8 Å². The summed E-state index contributed by atoms with van der Waals surface area (Å²) in [5.41, 5.74) is 5.36. The Morgan fingerprint density at radius 3 is 2.12 bits per heavy atom. The Bertz CT molecular complexity index is 1850. The zero-order valence-electron chi connectivity index (χ0n) is 30.3. The van der Waals surface area contributed by atoms with Crippen LogP contribution in [0.4, 0.5) is 11.4 Å². The van der Waals surface area contributed by atoms with E-state index in [0.29, 0.717) is 52.8 Å². The van der Waals surface area contributed by atoms with Gasteiger partial charge in [-0.05, 0) is 68.8 Å². The number of carbonyl (C=O) groups is 6. The Labute approximate surface area is 301 Å². The summed E-state index contributed by atoms with van der Waals surface area (Å²) in [6, 6.07) is 13.2. The number of benzene rings is 3. The van der Waals surface area contributed by atoms with Gasteiger partial charge in [-0.15, -0.1) is 0 Å². The van der Waals surface area contributed by atoms with Crippen molar-refractivity contribution in [3.63, 3.8) is 0 Å². The third-order valence-electron chi connectivity index (χ3n) is 7.00. The highest BCUT2D eigenvalue weighted by Crippen LogP contribution is 2.33. The first-order valence-corrected chi connectivity index (χ1v) is 16.3. The van der Waals surface area contributed by atoms with E-state index in [0.717, 1.165) is 17.5 Å². The average Bonchev–Trinajstić information content (AvgIpc) is 3.52. The first kappa shape index (κ1) is 40.5. The summed E-state index contributed by atoms with van der Waals surface area (Å²) in [6.07, 6.45) is 0.957. The lowest BCUT2D eigenvalue weighted by atomic mass is 10.0. The number of Topliss-reactive ketones (excluding diaryl/α,β-unsaturated/α-hetero) is 1. The molecular formula is C37H44N4O11. The Morgan fingerprint density at radius 2 is 1.52 bits per heavy atom. The van der Waals surface area contributed by atoms with Gasteiger partial charge in [0.05, 0.1) is 23.8 Å². The van der Waals surface area contributed by atoms with Crippen LogP contribution in [0.3, 0.4) is 0 Å². The van der Waals surface area contributed by atoms with E-state index in [1.165, 1.54) is 26.8 Å². The molecule has 0 aromatic heterocycles. The topological polar surface area (TPSA) is 208 Å². The second kappa shape index (κ2) is 17.8. The van der Waals surface area contributed by atoms with Gasteiger partial charge in [0.1, 0.15) is 28.6 Å². The van der Waals surface area contributed by atoms with Gasteiger partial charge in [-0.3, -0.25) is 29.2 Å². The smallest absolute Gasteiger partial charge is 0.345 e. The molecule has 0 spiro atoms. The van der Waals surface area contributed by atoms with Crippen molar-refractivity contribution < 1.29 is 52.9 Å². The number of rotatable bonds is 8. The predicted molar refractivity (Wildman–Crippen MR) is 190 cm³/mol. The van der Waals surface area contributed by atoms with E-state index in [9.17, 15) is 28.8 Å². The molecule has 0 unspecified atom stereocenters. The fourth-order valence-corrected chi connectivity index (χ4v) is 5.08. The summed E-state index contributed by atoms with van der Waals surface area (Å²) < 4.78 is 21.5. The molecule has 0 saturated carbocycles. The van der Waals surface area contributed by atoms with Crippen molar-refractivity contribution in [2.75, 3.05) is 24.3 Å². The summed E-state index contributed by atoms with van der Waals surface area (Å²) in [5.74, 6) is -1.16. The molecule has 0 saturated heterocycles. The lowest BCUT2D eigenvalue weighted by Crippen LogP contribution is -2.38. The van der Waals surface area contributed by atoms with E-state index in [-0.39, 0.29) is 35.2 Å². The number of hydrogen-bond donors (Lipinski definition) is 5. The van der Waals surface area contributed by atoms with Crippen LogP contribution in [-0.2, 0) is 32.0 Å². The molecule has 2 aliphatic rings. The maximum atomic E-state index is 11.8. The van der Waals surface area contributed by atoms with Crippen LogP contribution >= 0.6 is 0 Å². The Hall–Kier alpha value is -5.96. The molecule has 5 N–H and O–H groups in total. The van der Waals surface area contributed by atoms with E-state index >= 15 is 0 Å². The molecule has 15 nitrogen and oxygen atoms in total. The van der Waals surface area contributed by atoms with Gasteiger partial charge in [-0.1, -0.05) is 6.07 Å². The monoisotopic (exact) mass is 720 g/mol. The third kappa shape index (κ3) is 11.6. The molecule has 3 aromatic carbocycles. The Balaban J connectivity index is 0.000000210. The highest BCUT2D eigenvalue weighted by Gasteiger charge is 2.34. The van der Waals surface area contributed by atoms with E-state index in [1.807, 2.05) is 19.9 Å². The number of fused-ring (bicyclic) bond motifs is 2. The molecule has 278 valence electrons. The second-order valence-corrected chi connectivity index (χ2v) is 12.5. The van der Waals surface area contributed by atoms with Gasteiger partial charge in [0.25, 0.3) is 11.8 Å². The molecule has 15 heteroatoms. The van der Waals surface area contributed by atoms with Crippen LogP contribution in [0.1, 0.15) is 90.7 Å². The van der Waals surface area contributed by atoms with Gasteiger partial charge < -0.3 is 34.9 Å². The number of hydrogen-bond acceptors (Lipinski definition) is 11. The van der Waals surface area contributed by atoms with Crippen molar-refractivity contribution in [1.29, 1.82) is 0 Å². The largest absolute Gasteiger partial charge is 0.492 e. The highest BCUT2D eigenvalue weighted by atomic mass is 16.7. The number of amides is 4. The van der Waals surface area contributed by atoms with Gasteiger partial charge in [0.2, 0.25) is 17.6 Å². The summed E-state index contributed by atoms with van der Waals surface area (Å²) in [4.78, 5) is 67.9. The number of carbonyl (C=O) groups excluding carboxylic acids is 6. The molecule has 2 aliphatic heterocycles. The molecule has 3 aromatic rings. The van der Waals surface area contributed by atoms with Gasteiger partial charge in [0, 0.05) is 64.5 Å². The molecular weight excluding hydrogens is 676 g/mol. The van der Waals surface area contributed by atoms with E-state index in [2.05, 4.69) is 16.0 Å². The number of ether oxygens (including phenoxy) is 4. The van der Waals surface area contributed by atoms with Crippen LogP contribution in [0.25, 0.3) is 0 Å². The zero-order chi connectivity index (χ0) is 38.7. The van der Waals surface area contributed by atoms with Gasteiger partial charge in [0.15, 0.2) is 0 Å². The third-order valence-corrected chi connectivity index (χ3v) is 7.00. The standard InChI is InChI=1S/C13H14O4.C12H16N2O4.C12H14N2O3/c1-8(14)6-9-4-5-11-10(7-9)12(15)17-13(2,3)16-11;1-7(2)18-11-5-4-9(13-8(3)15)6-10(11)12(16)14-17;1-7(15)14-9-5-8-3-4-17-11(8)10(6-9)12(16)13-2/h4-5,7H,6H2,1-3H3;4-7,17H,1-3H3,(H,13,15)(H,14,16);5-6H,3-4H2,1-2H3,(H,13,16)(H,14,15). The lowest BCUT2D eigenvalue weighted by Gasteiger charge is -2.31. The molecule has 0 aliphatic carbocycles. The number of cyclic esters (lactones) is 1. The fourth-order valence-electron chi connectivity index (χ4n) is 5.08. The van der Waals surface area contributed by atoms with Crippen molar-refractivity contribution in [1.82, 2.24) is 10.8 Å². The maximum Gasteiger partial charge on any atom is 0.345 e. The van der Waals surface area contributed by atoms with Crippen LogP contribution in [0, 0.1) is 0 Å². The minimum absolute atomic E-state index is 0.0513. The number of ketones is 1. The normalized spacial score (nSPS) is 13.1. The molecule has 4 amide bonds. The molecule has 0 atom stereocenters. The Morgan fingerprint density at radius 1 is 0.865 bits per heavy atom. The van der Waals surface area contributed by atoms with Crippen molar-refractivity contribution in [3.8, 4) is 17.2 Å². The molecule has 52 heavy (non-hydrogen) atoms. The summed E-state index contributed by atoms with van der Waals surface area (Å²) in [5, 5.41) is 16.5. The number of nitrogens with one attached hydrogen (secondary N) is 4. The van der Waals surface area contributed by atoms with Crippen molar-refractivity contribution >= 4 is 46.8 Å². The molecule has 0 bridgehead atoms. The van der Waals surface area contributed by atoms with Crippen LogP contribution < -0.4 is 35.6 Å². The van der Waals surface area contributed by atoms with Crippen LogP contribution in [0.15, 0.2) is 48.5 Å². The van der Waals surface area contributed by atoms with Crippen LogP contribution in [0.5, 0.6) is 17.2 Å². The molecule has 0 fully saturated rings. The zero-order valence-corrected chi connectivity index (χ0v) is 30.3. The maximum absolute atomic E-state index is 11.8. The van der Waals surface area contributed by atoms with Crippen molar-refractivity contribution in [3.05, 3.63) is 76.3 Å². The highest BCUT2D eigenvalue weighted by molar-refractivity contribution is 6.00. The SMILES string of the molecule is CC(=O)Cc1ccc2c(c1)C(=O)OC(C)(C)O2.CC(=O)Nc1ccc(OC(C)C)c(C(=O)NO)c1.CNC(=O)c1cc(NC(C)=O)cc2c1OCC2. The van der Waals surface area contributed by atoms with E-state index < -0.39 is 17.7 Å². The van der Waals surface area contributed by atoms with Crippen LogP contribution in [-0.4, -0.2) is 66.1 Å². The predicted octanol–water partition coefficient (Wildman–Crippen LogP) is 4.59. The van der Waals surface area contributed by atoms with Crippen molar-refractivity contribution in [2.24, 2.45) is 0 Å². The number of anilines is 2. The minimum Gasteiger partial charge on any atom is -0.492 e. The molecule has 0 radical (unpaired) electrons. The summed E-state index contributed by atoms with van der Waals surface area (Å²) >= 11 is 0. The van der Waals surface area contributed by atoms with Gasteiger partial charge in [-0.25, -0.2) is 10.3 Å². The summed E-state index contributed by atoms with van der Waals surface area (Å²) in [6.45, 7) is 11.9. The van der Waals surface area contributed by atoms with Crippen molar-refractivity contribution in [2.45, 2.75) is 73.2 Å². The first-order valence-electron chi connectivity index (χ1n) is 16.3. The van der Waals surface area contributed by atoms with E-state index in [4.69, 9.17) is 24.2 Å². The second-order valence-electron chi connectivity index (χ2n) is 12.5. The summed E-state index contributed by atoms with van der Waals surface area (Å²) in [7, 11) is 1.56. The number of esters is 1. The van der Waals surface area contributed by atoms with Gasteiger partial charge in [-0.2, -0.15) is 0 Å². The first-order chi connectivity index (χ1) is 24.4. The van der Waals surface area contributed by atoms with Gasteiger partial charge >= 0.3 is 5.97 Å². The Kier molecular flexibility index (Phi) is 13.9. The minimum atomic E-state index is -0.938. The molecule has 5 rings (SSSR count). The fraction of sp³-hybridized carbons (Fsp3) is 0.351. The number of hydroxylamine groups is 1. The lowest BCUT2D eigenvalue weighted by molar-refractivity contribution is -0.127. The average molecular weight is 721 g/mol. The molecule has 2 heterocycles. The van der Waals surface area contributed by atoms with Crippen LogP contribution in [0.2, 0.25) is 0 Å². The quantitative estimate of drug-likeness (QED) is 0.124.